The Morgan fingerprint density at radius 3 is 2.33 bits per heavy atom. The van der Waals surface area contributed by atoms with Gasteiger partial charge in [0.25, 0.3) is 0 Å². The van der Waals surface area contributed by atoms with Crippen LogP contribution in [0.4, 0.5) is 0 Å². The van der Waals surface area contributed by atoms with E-state index < -0.39 is 5.72 Å². The van der Waals surface area contributed by atoms with Gasteiger partial charge < -0.3 is 16.6 Å². The predicted octanol–water partition coefficient (Wildman–Crippen LogP) is -0.217. The van der Waals surface area contributed by atoms with E-state index in [0.717, 1.165) is 12.8 Å². The van der Waals surface area contributed by atoms with Crippen LogP contribution in [0.3, 0.4) is 0 Å². The van der Waals surface area contributed by atoms with E-state index in [1.165, 1.54) is 0 Å². The van der Waals surface area contributed by atoms with Gasteiger partial charge >= 0.3 is 0 Å². The van der Waals surface area contributed by atoms with Crippen LogP contribution in [0.2, 0.25) is 0 Å². The molecule has 0 bridgehead atoms. The SMILES string of the molecule is C[C@](N)(O)CCCCN. The summed E-state index contributed by atoms with van der Waals surface area (Å²) in [6, 6.07) is 0. The Morgan fingerprint density at radius 1 is 1.44 bits per heavy atom. The number of hydrogen-bond acceptors (Lipinski definition) is 3. The summed E-state index contributed by atoms with van der Waals surface area (Å²) in [4.78, 5) is 0. The lowest BCUT2D eigenvalue weighted by Crippen LogP contribution is -2.35. The van der Waals surface area contributed by atoms with Gasteiger partial charge in [0.1, 0.15) is 5.72 Å². The first kappa shape index (κ1) is 8.88. The van der Waals surface area contributed by atoms with Crippen LogP contribution < -0.4 is 11.5 Å². The second-order valence-corrected chi connectivity index (χ2v) is 2.60. The zero-order valence-electron chi connectivity index (χ0n) is 5.93. The summed E-state index contributed by atoms with van der Waals surface area (Å²) in [7, 11) is 0. The van der Waals surface area contributed by atoms with Gasteiger partial charge in [-0.1, -0.05) is 0 Å². The Labute approximate surface area is 56.0 Å². The van der Waals surface area contributed by atoms with E-state index in [4.69, 9.17) is 16.6 Å². The summed E-state index contributed by atoms with van der Waals surface area (Å²) in [5, 5.41) is 8.98. The van der Waals surface area contributed by atoms with E-state index in [-0.39, 0.29) is 0 Å². The minimum absolute atomic E-state index is 0.629. The summed E-state index contributed by atoms with van der Waals surface area (Å²) in [5.74, 6) is 0. The van der Waals surface area contributed by atoms with Crippen molar-refractivity contribution in [1.82, 2.24) is 0 Å². The van der Waals surface area contributed by atoms with Crippen LogP contribution in [0.1, 0.15) is 26.2 Å². The molecule has 0 aliphatic rings. The Bertz CT molecular complexity index is 67.9. The molecule has 0 aromatic heterocycles. The zero-order valence-corrected chi connectivity index (χ0v) is 5.93. The molecule has 0 saturated heterocycles. The number of unbranched alkanes of at least 4 members (excludes halogenated alkanes) is 1. The molecule has 0 heterocycles. The summed E-state index contributed by atoms with van der Waals surface area (Å²) < 4.78 is 0. The van der Waals surface area contributed by atoms with Crippen molar-refractivity contribution < 1.29 is 5.11 Å². The summed E-state index contributed by atoms with van der Waals surface area (Å²) >= 11 is 0. The van der Waals surface area contributed by atoms with Gasteiger partial charge in [0.2, 0.25) is 0 Å². The average Bonchev–Trinajstić information content (AvgIpc) is 1.63. The molecule has 0 amide bonds. The van der Waals surface area contributed by atoms with Crippen LogP contribution in [0, 0.1) is 0 Å². The molecule has 0 aromatic rings. The van der Waals surface area contributed by atoms with Crippen molar-refractivity contribution in [2.75, 3.05) is 6.54 Å². The van der Waals surface area contributed by atoms with Gasteiger partial charge in [0.05, 0.1) is 0 Å². The molecule has 3 heteroatoms. The largest absolute Gasteiger partial charge is 0.376 e. The highest BCUT2D eigenvalue weighted by atomic mass is 16.3. The smallest absolute Gasteiger partial charge is 0.110 e. The number of nitrogens with two attached hydrogens (primary N) is 2. The monoisotopic (exact) mass is 132 g/mol. The lowest BCUT2D eigenvalue weighted by Gasteiger charge is -2.15. The second kappa shape index (κ2) is 3.82. The third-order valence-electron chi connectivity index (χ3n) is 1.14. The van der Waals surface area contributed by atoms with Crippen LogP contribution in [0.15, 0.2) is 0 Å². The summed E-state index contributed by atoms with van der Waals surface area (Å²) in [6.07, 6.45) is 2.47. The number of aliphatic hydroxyl groups is 1. The van der Waals surface area contributed by atoms with E-state index >= 15 is 0 Å². The molecular formula is C6H16N2O. The lowest BCUT2D eigenvalue weighted by atomic mass is 10.1. The fraction of sp³-hybridized carbons (Fsp3) is 1.00. The third kappa shape index (κ3) is 7.88. The molecule has 0 radical (unpaired) electrons. The first-order valence-corrected chi connectivity index (χ1v) is 3.27. The first-order chi connectivity index (χ1) is 4.06. The highest BCUT2D eigenvalue weighted by molar-refractivity contribution is 4.62. The van der Waals surface area contributed by atoms with Crippen LogP contribution in [-0.2, 0) is 0 Å². The maximum Gasteiger partial charge on any atom is 0.110 e. The lowest BCUT2D eigenvalue weighted by molar-refractivity contribution is 0.0554. The predicted molar refractivity (Wildman–Crippen MR) is 37.7 cm³/mol. The van der Waals surface area contributed by atoms with E-state index in [1.54, 1.807) is 6.92 Å². The Hall–Kier alpha value is -0.120. The second-order valence-electron chi connectivity index (χ2n) is 2.60. The highest BCUT2D eigenvalue weighted by Crippen LogP contribution is 2.04. The highest BCUT2D eigenvalue weighted by Gasteiger charge is 2.10. The minimum Gasteiger partial charge on any atom is -0.376 e. The Kier molecular flexibility index (Phi) is 3.77. The van der Waals surface area contributed by atoms with Gasteiger partial charge in [0, 0.05) is 0 Å². The van der Waals surface area contributed by atoms with Gasteiger partial charge in [0.15, 0.2) is 0 Å². The van der Waals surface area contributed by atoms with Crippen molar-refractivity contribution in [3.8, 4) is 0 Å². The molecule has 0 fully saturated rings. The van der Waals surface area contributed by atoms with E-state index in [0.29, 0.717) is 13.0 Å². The van der Waals surface area contributed by atoms with Crippen molar-refractivity contribution >= 4 is 0 Å². The Morgan fingerprint density at radius 2 is 2.00 bits per heavy atom. The molecule has 0 saturated carbocycles. The molecule has 3 nitrogen and oxygen atoms in total. The molecule has 5 N–H and O–H groups in total. The van der Waals surface area contributed by atoms with E-state index in [1.807, 2.05) is 0 Å². The Balaban J connectivity index is 3.07. The fourth-order valence-electron chi connectivity index (χ4n) is 0.627. The molecule has 0 rings (SSSR count). The van der Waals surface area contributed by atoms with Crippen LogP contribution >= 0.6 is 0 Å². The number of hydrogen-bond donors (Lipinski definition) is 3. The topological polar surface area (TPSA) is 72.3 Å². The van der Waals surface area contributed by atoms with Crippen molar-refractivity contribution in [3.05, 3.63) is 0 Å². The summed E-state index contributed by atoms with van der Waals surface area (Å²) in [6.45, 7) is 2.28. The minimum atomic E-state index is -1.00. The number of rotatable bonds is 4. The normalized spacial score (nSPS) is 17.3. The van der Waals surface area contributed by atoms with Crippen molar-refractivity contribution in [1.29, 1.82) is 0 Å². The first-order valence-electron chi connectivity index (χ1n) is 3.27. The van der Waals surface area contributed by atoms with Crippen molar-refractivity contribution in [2.45, 2.75) is 31.9 Å². The molecule has 1 atom stereocenters. The van der Waals surface area contributed by atoms with E-state index in [9.17, 15) is 0 Å². The molecule has 0 unspecified atom stereocenters. The van der Waals surface area contributed by atoms with Crippen molar-refractivity contribution in [3.63, 3.8) is 0 Å². The summed E-state index contributed by atoms with van der Waals surface area (Å²) in [5.41, 5.74) is 9.52. The third-order valence-corrected chi connectivity index (χ3v) is 1.14. The molecule has 56 valence electrons. The maximum atomic E-state index is 8.98. The molecule has 0 aromatic carbocycles. The van der Waals surface area contributed by atoms with Gasteiger partial charge in [-0.15, -0.1) is 0 Å². The van der Waals surface area contributed by atoms with E-state index in [2.05, 4.69) is 0 Å². The van der Waals surface area contributed by atoms with Gasteiger partial charge in [-0.2, -0.15) is 0 Å². The van der Waals surface area contributed by atoms with Crippen LogP contribution in [-0.4, -0.2) is 17.4 Å². The van der Waals surface area contributed by atoms with Gasteiger partial charge in [-0.05, 0) is 32.7 Å². The van der Waals surface area contributed by atoms with Crippen molar-refractivity contribution in [2.24, 2.45) is 11.5 Å². The molecule has 0 aliphatic heterocycles. The van der Waals surface area contributed by atoms with Crippen LogP contribution in [0.25, 0.3) is 0 Å². The van der Waals surface area contributed by atoms with Gasteiger partial charge in [-0.25, -0.2) is 0 Å². The maximum absolute atomic E-state index is 8.98. The zero-order chi connectivity index (χ0) is 7.33. The van der Waals surface area contributed by atoms with Crippen LogP contribution in [0.5, 0.6) is 0 Å². The average molecular weight is 132 g/mol. The quantitative estimate of drug-likeness (QED) is 0.366. The molecule has 0 spiro atoms. The molecule has 0 aliphatic carbocycles. The van der Waals surface area contributed by atoms with Gasteiger partial charge in [-0.3, -0.25) is 0 Å². The molecular weight excluding hydrogens is 116 g/mol. The molecule has 9 heavy (non-hydrogen) atoms. The standard InChI is InChI=1S/C6H16N2O/c1-6(8,9)4-2-3-5-7/h9H,2-5,7-8H2,1H3/t6-/m0/s1. The fourth-order valence-corrected chi connectivity index (χ4v) is 0.627.